The SMILES string of the molecule is COc1ccc(-c2oncc2C(=O)NCc2cccnc2)cc1. The molecule has 0 spiro atoms. The van der Waals surface area contributed by atoms with Crippen LogP contribution in [0, 0.1) is 0 Å². The zero-order valence-electron chi connectivity index (χ0n) is 12.5. The van der Waals surface area contributed by atoms with Gasteiger partial charge in [0.2, 0.25) is 0 Å². The zero-order chi connectivity index (χ0) is 16.1. The first-order chi connectivity index (χ1) is 11.3. The van der Waals surface area contributed by atoms with E-state index >= 15 is 0 Å². The van der Waals surface area contributed by atoms with Gasteiger partial charge in [0.15, 0.2) is 5.76 Å². The lowest BCUT2D eigenvalue weighted by Gasteiger charge is -2.05. The van der Waals surface area contributed by atoms with Crippen molar-refractivity contribution >= 4 is 5.91 Å². The topological polar surface area (TPSA) is 77.2 Å². The molecule has 6 nitrogen and oxygen atoms in total. The van der Waals surface area contributed by atoms with Crippen LogP contribution in [0.4, 0.5) is 0 Å². The number of ether oxygens (including phenoxy) is 1. The summed E-state index contributed by atoms with van der Waals surface area (Å²) >= 11 is 0. The average Bonchev–Trinajstić information content (AvgIpc) is 3.10. The molecule has 3 aromatic rings. The summed E-state index contributed by atoms with van der Waals surface area (Å²) in [6, 6.07) is 11.0. The first-order valence-corrected chi connectivity index (χ1v) is 7.04. The highest BCUT2D eigenvalue weighted by molar-refractivity contribution is 5.99. The van der Waals surface area contributed by atoms with Crippen LogP contribution in [-0.4, -0.2) is 23.2 Å². The van der Waals surface area contributed by atoms with E-state index in [0.29, 0.717) is 17.9 Å². The molecule has 2 heterocycles. The third-order valence-corrected chi connectivity index (χ3v) is 3.34. The maximum absolute atomic E-state index is 12.3. The molecule has 0 saturated heterocycles. The van der Waals surface area contributed by atoms with Crippen LogP contribution in [0.15, 0.2) is 59.5 Å². The summed E-state index contributed by atoms with van der Waals surface area (Å²) in [7, 11) is 1.60. The fraction of sp³-hybridized carbons (Fsp3) is 0.118. The molecule has 0 atom stereocenters. The summed E-state index contributed by atoms with van der Waals surface area (Å²) in [6.45, 7) is 0.389. The van der Waals surface area contributed by atoms with Gasteiger partial charge in [0.05, 0.1) is 13.3 Å². The Kier molecular flexibility index (Phi) is 4.33. The van der Waals surface area contributed by atoms with Gasteiger partial charge in [-0.3, -0.25) is 9.78 Å². The molecular weight excluding hydrogens is 294 g/mol. The van der Waals surface area contributed by atoms with E-state index in [1.54, 1.807) is 31.6 Å². The van der Waals surface area contributed by atoms with Gasteiger partial charge in [0, 0.05) is 24.5 Å². The maximum atomic E-state index is 12.3. The van der Waals surface area contributed by atoms with Crippen LogP contribution in [0.5, 0.6) is 5.75 Å². The molecule has 1 amide bonds. The Morgan fingerprint density at radius 2 is 2.04 bits per heavy atom. The number of nitrogens with zero attached hydrogens (tertiary/aromatic N) is 2. The lowest BCUT2D eigenvalue weighted by molar-refractivity contribution is 0.0951. The van der Waals surface area contributed by atoms with Gasteiger partial charge in [0.1, 0.15) is 11.3 Å². The molecule has 6 heteroatoms. The molecule has 0 unspecified atom stereocenters. The minimum absolute atomic E-state index is 0.249. The lowest BCUT2D eigenvalue weighted by Crippen LogP contribution is -2.22. The average molecular weight is 309 g/mol. The van der Waals surface area contributed by atoms with Gasteiger partial charge in [-0.1, -0.05) is 11.2 Å². The molecule has 0 radical (unpaired) electrons. The smallest absolute Gasteiger partial charge is 0.257 e. The standard InChI is InChI=1S/C17H15N3O3/c1-22-14-6-4-13(5-7-14)16-15(11-20-23-16)17(21)19-10-12-3-2-8-18-9-12/h2-9,11H,10H2,1H3,(H,19,21). The lowest BCUT2D eigenvalue weighted by atomic mass is 10.1. The molecule has 116 valence electrons. The Balaban J connectivity index is 1.75. The number of amides is 1. The first-order valence-electron chi connectivity index (χ1n) is 7.04. The quantitative estimate of drug-likeness (QED) is 0.784. The summed E-state index contributed by atoms with van der Waals surface area (Å²) in [4.78, 5) is 16.4. The molecule has 0 bridgehead atoms. The van der Waals surface area contributed by atoms with E-state index in [1.165, 1.54) is 6.20 Å². The van der Waals surface area contributed by atoms with Crippen LogP contribution in [0.3, 0.4) is 0 Å². The van der Waals surface area contributed by atoms with Crippen molar-refractivity contribution in [3.63, 3.8) is 0 Å². The number of benzene rings is 1. The van der Waals surface area contributed by atoms with Crippen LogP contribution >= 0.6 is 0 Å². The second-order valence-electron chi connectivity index (χ2n) is 4.84. The van der Waals surface area contributed by atoms with Crippen molar-refractivity contribution in [2.45, 2.75) is 6.54 Å². The number of rotatable bonds is 5. The van der Waals surface area contributed by atoms with Crippen LogP contribution in [0.25, 0.3) is 11.3 Å². The van der Waals surface area contributed by atoms with Crippen molar-refractivity contribution in [3.8, 4) is 17.1 Å². The molecule has 2 aromatic heterocycles. The third kappa shape index (κ3) is 3.37. The predicted octanol–water partition coefficient (Wildman–Crippen LogP) is 2.68. The van der Waals surface area contributed by atoms with E-state index in [9.17, 15) is 4.79 Å². The molecule has 0 fully saturated rings. The molecule has 0 saturated carbocycles. The minimum atomic E-state index is -0.249. The Morgan fingerprint density at radius 3 is 2.74 bits per heavy atom. The van der Waals surface area contributed by atoms with Crippen LogP contribution in [0.1, 0.15) is 15.9 Å². The molecule has 3 rings (SSSR count). The Hall–Kier alpha value is -3.15. The highest BCUT2D eigenvalue weighted by atomic mass is 16.5. The van der Waals surface area contributed by atoms with Crippen molar-refractivity contribution in [2.75, 3.05) is 7.11 Å². The second-order valence-corrected chi connectivity index (χ2v) is 4.84. The molecule has 1 aromatic carbocycles. The maximum Gasteiger partial charge on any atom is 0.257 e. The third-order valence-electron chi connectivity index (χ3n) is 3.34. The number of methoxy groups -OCH3 is 1. The van der Waals surface area contributed by atoms with Gasteiger partial charge < -0.3 is 14.6 Å². The van der Waals surface area contributed by atoms with E-state index in [-0.39, 0.29) is 5.91 Å². The van der Waals surface area contributed by atoms with E-state index in [1.807, 2.05) is 24.3 Å². The minimum Gasteiger partial charge on any atom is -0.497 e. The molecular formula is C17H15N3O3. The van der Waals surface area contributed by atoms with E-state index in [4.69, 9.17) is 9.26 Å². The molecule has 0 aliphatic heterocycles. The Bertz CT molecular complexity index is 782. The summed E-state index contributed by atoms with van der Waals surface area (Å²) in [5.74, 6) is 0.910. The fourth-order valence-corrected chi connectivity index (χ4v) is 2.13. The number of pyridine rings is 1. The van der Waals surface area contributed by atoms with Gasteiger partial charge >= 0.3 is 0 Å². The number of hydrogen-bond donors (Lipinski definition) is 1. The van der Waals surface area contributed by atoms with Crippen molar-refractivity contribution in [2.24, 2.45) is 0 Å². The summed E-state index contributed by atoms with van der Waals surface area (Å²) in [6.07, 6.45) is 4.81. The molecule has 1 N–H and O–H groups in total. The van der Waals surface area contributed by atoms with Crippen molar-refractivity contribution in [1.82, 2.24) is 15.5 Å². The van der Waals surface area contributed by atoms with Gasteiger partial charge in [0.25, 0.3) is 5.91 Å². The zero-order valence-corrected chi connectivity index (χ0v) is 12.5. The summed E-state index contributed by atoms with van der Waals surface area (Å²) in [5.41, 5.74) is 2.07. The Labute approximate surface area is 133 Å². The number of nitrogens with one attached hydrogen (secondary N) is 1. The van der Waals surface area contributed by atoms with Crippen LogP contribution < -0.4 is 10.1 Å². The van der Waals surface area contributed by atoms with Crippen molar-refractivity contribution in [1.29, 1.82) is 0 Å². The highest BCUT2D eigenvalue weighted by Gasteiger charge is 2.17. The number of carbonyl (C=O) groups is 1. The summed E-state index contributed by atoms with van der Waals surface area (Å²) < 4.78 is 10.4. The number of aromatic nitrogens is 2. The Morgan fingerprint density at radius 1 is 1.22 bits per heavy atom. The fourth-order valence-electron chi connectivity index (χ4n) is 2.13. The first kappa shape index (κ1) is 14.8. The van der Waals surface area contributed by atoms with E-state index < -0.39 is 0 Å². The molecule has 23 heavy (non-hydrogen) atoms. The monoisotopic (exact) mass is 309 g/mol. The van der Waals surface area contributed by atoms with E-state index in [2.05, 4.69) is 15.5 Å². The highest BCUT2D eigenvalue weighted by Crippen LogP contribution is 2.25. The van der Waals surface area contributed by atoms with Gasteiger partial charge in [-0.15, -0.1) is 0 Å². The molecule has 0 aliphatic rings. The van der Waals surface area contributed by atoms with Crippen LogP contribution in [-0.2, 0) is 6.54 Å². The largest absolute Gasteiger partial charge is 0.497 e. The summed E-state index contributed by atoms with van der Waals surface area (Å²) in [5, 5.41) is 6.57. The number of carbonyl (C=O) groups excluding carboxylic acids is 1. The number of hydrogen-bond acceptors (Lipinski definition) is 5. The predicted molar refractivity (Wildman–Crippen MR) is 83.9 cm³/mol. The molecule has 0 aliphatic carbocycles. The second kappa shape index (κ2) is 6.74. The van der Waals surface area contributed by atoms with Gasteiger partial charge in [-0.2, -0.15) is 0 Å². The normalized spacial score (nSPS) is 10.3. The van der Waals surface area contributed by atoms with Crippen molar-refractivity contribution < 1.29 is 14.1 Å². The van der Waals surface area contributed by atoms with Crippen molar-refractivity contribution in [3.05, 3.63) is 66.1 Å². The van der Waals surface area contributed by atoms with Gasteiger partial charge in [-0.05, 0) is 35.9 Å². The van der Waals surface area contributed by atoms with Crippen LogP contribution in [0.2, 0.25) is 0 Å². The van der Waals surface area contributed by atoms with Gasteiger partial charge in [-0.25, -0.2) is 0 Å². The van der Waals surface area contributed by atoms with E-state index in [0.717, 1.165) is 16.9 Å².